The van der Waals surface area contributed by atoms with E-state index in [0.29, 0.717) is 6.42 Å². The summed E-state index contributed by atoms with van der Waals surface area (Å²) in [6.07, 6.45) is 0.494. The Balaban J connectivity index is 4.52. The molecule has 0 aromatic rings. The highest BCUT2D eigenvalue weighted by Crippen LogP contribution is 2.25. The number of alkyl halides is 2. The fraction of sp³-hybridized carbons (Fsp3) is 0.875. The van der Waals surface area contributed by atoms with Crippen molar-refractivity contribution in [2.24, 2.45) is 11.7 Å². The van der Waals surface area contributed by atoms with Gasteiger partial charge in [0.25, 0.3) is 0 Å². The monoisotopic (exact) mass is 195 g/mol. The van der Waals surface area contributed by atoms with Gasteiger partial charge in [-0.2, -0.15) is 8.78 Å². The lowest BCUT2D eigenvalue weighted by Gasteiger charge is -2.25. The van der Waals surface area contributed by atoms with E-state index in [1.807, 2.05) is 0 Å². The third kappa shape index (κ3) is 2.62. The molecule has 0 aromatic heterocycles. The molecule has 0 aliphatic heterocycles. The molecule has 2 atom stereocenters. The first-order valence-corrected chi connectivity index (χ1v) is 4.09. The van der Waals surface area contributed by atoms with E-state index in [1.54, 1.807) is 13.8 Å². The highest BCUT2D eigenvalue weighted by atomic mass is 19.3. The van der Waals surface area contributed by atoms with Gasteiger partial charge in [-0.25, -0.2) is 4.79 Å². The molecule has 0 spiro atoms. The molecule has 0 saturated carbocycles. The number of rotatable bonds is 4. The first-order valence-electron chi connectivity index (χ1n) is 4.09. The second-order valence-electron chi connectivity index (χ2n) is 3.03. The van der Waals surface area contributed by atoms with Crippen LogP contribution >= 0.6 is 0 Å². The van der Waals surface area contributed by atoms with Crippen molar-refractivity contribution in [1.29, 1.82) is 0 Å². The van der Waals surface area contributed by atoms with Crippen molar-refractivity contribution in [3.05, 3.63) is 0 Å². The number of nitrogens with two attached hydrogens (primary N) is 1. The maximum absolute atomic E-state index is 13.0. The van der Waals surface area contributed by atoms with Crippen molar-refractivity contribution in [2.45, 2.75) is 32.2 Å². The number of hydrogen-bond donors (Lipinski definition) is 1. The van der Waals surface area contributed by atoms with E-state index in [9.17, 15) is 13.6 Å². The molecular weight excluding hydrogens is 180 g/mol. The van der Waals surface area contributed by atoms with Gasteiger partial charge < -0.3 is 10.5 Å². The van der Waals surface area contributed by atoms with Gasteiger partial charge in [0, 0.05) is 0 Å². The van der Waals surface area contributed by atoms with E-state index >= 15 is 0 Å². The highest BCUT2D eigenvalue weighted by Gasteiger charge is 2.48. The van der Waals surface area contributed by atoms with Gasteiger partial charge in [0.15, 0.2) is 0 Å². The molecule has 3 nitrogen and oxygen atoms in total. The van der Waals surface area contributed by atoms with Gasteiger partial charge >= 0.3 is 11.9 Å². The van der Waals surface area contributed by atoms with Crippen LogP contribution in [0, 0.1) is 5.92 Å². The summed E-state index contributed by atoms with van der Waals surface area (Å²) < 4.78 is 30.1. The average Bonchev–Trinajstić information content (AvgIpc) is 2.13. The third-order valence-corrected chi connectivity index (χ3v) is 2.13. The van der Waals surface area contributed by atoms with Gasteiger partial charge in [0.2, 0.25) is 0 Å². The number of hydrogen-bond acceptors (Lipinski definition) is 3. The number of halogens is 2. The standard InChI is InChI=1S/C8H15F2NO2/c1-4-5(2)6(11)8(9,10)7(12)13-3/h5-6H,4,11H2,1-3H3. The first-order chi connectivity index (χ1) is 5.87. The van der Waals surface area contributed by atoms with E-state index < -0.39 is 23.9 Å². The van der Waals surface area contributed by atoms with Crippen LogP contribution in [0.5, 0.6) is 0 Å². The average molecular weight is 195 g/mol. The summed E-state index contributed by atoms with van der Waals surface area (Å²) in [5.74, 6) is -5.58. The summed E-state index contributed by atoms with van der Waals surface area (Å²) in [7, 11) is 0.916. The summed E-state index contributed by atoms with van der Waals surface area (Å²) in [5.41, 5.74) is 5.23. The summed E-state index contributed by atoms with van der Waals surface area (Å²) >= 11 is 0. The molecule has 0 radical (unpaired) electrons. The highest BCUT2D eigenvalue weighted by molar-refractivity contribution is 5.78. The van der Waals surface area contributed by atoms with Gasteiger partial charge in [0.05, 0.1) is 13.2 Å². The molecule has 0 aliphatic carbocycles. The third-order valence-electron chi connectivity index (χ3n) is 2.13. The molecule has 0 heterocycles. The largest absolute Gasteiger partial charge is 0.465 e. The lowest BCUT2D eigenvalue weighted by atomic mass is 9.94. The van der Waals surface area contributed by atoms with Gasteiger partial charge in [-0.1, -0.05) is 20.3 Å². The smallest absolute Gasteiger partial charge is 0.378 e. The minimum atomic E-state index is -3.59. The van der Waals surface area contributed by atoms with E-state index in [0.717, 1.165) is 7.11 Å². The van der Waals surface area contributed by atoms with Gasteiger partial charge in [-0.15, -0.1) is 0 Å². The van der Waals surface area contributed by atoms with Crippen molar-refractivity contribution < 1.29 is 18.3 Å². The molecular formula is C8H15F2NO2. The van der Waals surface area contributed by atoms with Crippen LogP contribution in [0.3, 0.4) is 0 Å². The van der Waals surface area contributed by atoms with Crippen LogP contribution in [0.2, 0.25) is 0 Å². The molecule has 5 heteroatoms. The zero-order valence-electron chi connectivity index (χ0n) is 8.01. The molecule has 2 unspecified atom stereocenters. The van der Waals surface area contributed by atoms with Crippen LogP contribution in [-0.4, -0.2) is 25.0 Å². The molecule has 78 valence electrons. The van der Waals surface area contributed by atoms with Crippen molar-refractivity contribution >= 4 is 5.97 Å². The topological polar surface area (TPSA) is 52.3 Å². The first kappa shape index (κ1) is 12.3. The minimum Gasteiger partial charge on any atom is -0.465 e. The number of methoxy groups -OCH3 is 1. The lowest BCUT2D eigenvalue weighted by molar-refractivity contribution is -0.173. The molecule has 0 aromatic carbocycles. The van der Waals surface area contributed by atoms with Crippen LogP contribution in [0.4, 0.5) is 8.78 Å². The number of esters is 1. The Morgan fingerprint density at radius 1 is 1.62 bits per heavy atom. The van der Waals surface area contributed by atoms with Crippen molar-refractivity contribution in [2.75, 3.05) is 7.11 Å². The summed E-state index contributed by atoms with van der Waals surface area (Å²) in [4.78, 5) is 10.6. The zero-order valence-corrected chi connectivity index (χ0v) is 8.01. The molecule has 0 amide bonds. The number of carbonyl (C=O) groups is 1. The second kappa shape index (κ2) is 4.50. The zero-order chi connectivity index (χ0) is 10.6. The summed E-state index contributed by atoms with van der Waals surface area (Å²) in [6.45, 7) is 3.30. The van der Waals surface area contributed by atoms with E-state index in [2.05, 4.69) is 4.74 Å². The Kier molecular flexibility index (Phi) is 4.26. The second-order valence-corrected chi connectivity index (χ2v) is 3.03. The van der Waals surface area contributed by atoms with Crippen molar-refractivity contribution in [3.63, 3.8) is 0 Å². The molecule has 0 fully saturated rings. The predicted molar refractivity (Wildman–Crippen MR) is 44.4 cm³/mol. The fourth-order valence-electron chi connectivity index (χ4n) is 0.883. The van der Waals surface area contributed by atoms with Crippen molar-refractivity contribution in [1.82, 2.24) is 0 Å². The normalized spacial score (nSPS) is 16.5. The molecule has 0 aliphatic rings. The maximum atomic E-state index is 13.0. The number of carbonyl (C=O) groups excluding carboxylic acids is 1. The van der Waals surface area contributed by atoms with Gasteiger partial charge in [-0.05, 0) is 5.92 Å². The van der Waals surface area contributed by atoms with Crippen LogP contribution in [-0.2, 0) is 9.53 Å². The summed E-state index contributed by atoms with van der Waals surface area (Å²) in [5, 5.41) is 0. The van der Waals surface area contributed by atoms with Gasteiger partial charge in [0.1, 0.15) is 0 Å². The van der Waals surface area contributed by atoms with Crippen molar-refractivity contribution in [3.8, 4) is 0 Å². The van der Waals surface area contributed by atoms with Gasteiger partial charge in [-0.3, -0.25) is 0 Å². The SMILES string of the molecule is CCC(C)C(N)C(F)(F)C(=O)OC. The van der Waals surface area contributed by atoms with Crippen LogP contribution < -0.4 is 5.73 Å². The predicted octanol–water partition coefficient (Wildman–Crippen LogP) is 1.17. The quantitative estimate of drug-likeness (QED) is 0.685. The molecule has 2 N–H and O–H groups in total. The van der Waals surface area contributed by atoms with Crippen LogP contribution in [0.15, 0.2) is 0 Å². The summed E-state index contributed by atoms with van der Waals surface area (Å²) in [6, 6.07) is -1.48. The van der Waals surface area contributed by atoms with E-state index in [4.69, 9.17) is 5.73 Å². The Morgan fingerprint density at radius 2 is 2.08 bits per heavy atom. The molecule has 0 rings (SSSR count). The minimum absolute atomic E-state index is 0.422. The number of ether oxygens (including phenoxy) is 1. The van der Waals surface area contributed by atoms with E-state index in [-0.39, 0.29) is 0 Å². The Morgan fingerprint density at radius 3 is 2.38 bits per heavy atom. The lowest BCUT2D eigenvalue weighted by Crippen LogP contribution is -2.51. The fourth-order valence-corrected chi connectivity index (χ4v) is 0.883. The van der Waals surface area contributed by atoms with E-state index in [1.165, 1.54) is 0 Å². The Labute approximate surface area is 76.2 Å². The molecule has 0 saturated heterocycles. The van der Waals surface area contributed by atoms with Crippen LogP contribution in [0.1, 0.15) is 20.3 Å². The molecule has 0 bridgehead atoms. The molecule has 13 heavy (non-hydrogen) atoms. The Bertz CT molecular complexity index is 185. The Hall–Kier alpha value is -0.710. The maximum Gasteiger partial charge on any atom is 0.378 e. The van der Waals surface area contributed by atoms with Crippen LogP contribution in [0.25, 0.3) is 0 Å².